The third kappa shape index (κ3) is 2.83. The van der Waals surface area contributed by atoms with Crippen molar-refractivity contribution < 1.29 is 5.11 Å². The molecular formula is C13H17NO. The molecule has 1 aliphatic rings. The van der Waals surface area contributed by atoms with E-state index in [9.17, 15) is 0 Å². The van der Waals surface area contributed by atoms with Gasteiger partial charge in [0.05, 0.1) is 0 Å². The zero-order chi connectivity index (χ0) is 10.7. The molecule has 0 radical (unpaired) electrons. The first-order chi connectivity index (χ1) is 7.24. The van der Waals surface area contributed by atoms with Crippen molar-refractivity contribution >= 4 is 6.08 Å². The van der Waals surface area contributed by atoms with E-state index < -0.39 is 0 Å². The molecule has 0 amide bonds. The molecule has 1 aliphatic carbocycles. The minimum atomic E-state index is 0.317. The normalized spacial score (nSPS) is 24.3. The molecule has 1 atom stereocenters. The predicted octanol–water partition coefficient (Wildman–Crippen LogP) is 2.68. The monoisotopic (exact) mass is 203 g/mol. The molecule has 80 valence electrons. The summed E-state index contributed by atoms with van der Waals surface area (Å²) in [7, 11) is 0. The van der Waals surface area contributed by atoms with Gasteiger partial charge in [-0.1, -0.05) is 23.8 Å². The van der Waals surface area contributed by atoms with Crippen molar-refractivity contribution in [1.29, 1.82) is 0 Å². The highest BCUT2D eigenvalue weighted by atomic mass is 16.3. The van der Waals surface area contributed by atoms with Crippen molar-refractivity contribution in [1.82, 2.24) is 0 Å². The maximum Gasteiger partial charge on any atom is 0.115 e. The Kier molecular flexibility index (Phi) is 3.07. The van der Waals surface area contributed by atoms with Gasteiger partial charge in [0.2, 0.25) is 0 Å². The van der Waals surface area contributed by atoms with Gasteiger partial charge in [-0.25, -0.2) is 0 Å². The summed E-state index contributed by atoms with van der Waals surface area (Å²) >= 11 is 0. The molecule has 0 heterocycles. The van der Waals surface area contributed by atoms with Crippen LogP contribution in [0.25, 0.3) is 6.08 Å². The number of phenolic OH excluding ortho intramolecular Hbond substituents is 1. The minimum Gasteiger partial charge on any atom is -0.508 e. The van der Waals surface area contributed by atoms with E-state index in [4.69, 9.17) is 10.8 Å². The molecule has 1 aromatic carbocycles. The number of nitrogens with two attached hydrogens (primary N) is 1. The summed E-state index contributed by atoms with van der Waals surface area (Å²) in [6.07, 6.45) is 6.71. The number of phenols is 1. The summed E-state index contributed by atoms with van der Waals surface area (Å²) in [6, 6.07) is 7.64. The number of benzene rings is 1. The zero-order valence-electron chi connectivity index (χ0n) is 8.82. The van der Waals surface area contributed by atoms with E-state index in [0.29, 0.717) is 11.8 Å². The van der Waals surface area contributed by atoms with Crippen LogP contribution in [0.4, 0.5) is 0 Å². The van der Waals surface area contributed by atoms with Gasteiger partial charge in [0.1, 0.15) is 5.75 Å². The van der Waals surface area contributed by atoms with E-state index in [1.807, 2.05) is 12.1 Å². The van der Waals surface area contributed by atoms with Crippen LogP contribution < -0.4 is 5.73 Å². The van der Waals surface area contributed by atoms with Crippen LogP contribution in [0.2, 0.25) is 0 Å². The fraction of sp³-hybridized carbons (Fsp3) is 0.385. The van der Waals surface area contributed by atoms with E-state index in [-0.39, 0.29) is 0 Å². The second-order valence-corrected chi connectivity index (χ2v) is 4.25. The maximum absolute atomic E-state index is 9.16. The Labute approximate surface area is 90.4 Å². The van der Waals surface area contributed by atoms with Gasteiger partial charge in [0, 0.05) is 6.04 Å². The van der Waals surface area contributed by atoms with Crippen LogP contribution in [-0.4, -0.2) is 11.1 Å². The Balaban J connectivity index is 2.11. The summed E-state index contributed by atoms with van der Waals surface area (Å²) < 4.78 is 0. The van der Waals surface area contributed by atoms with Gasteiger partial charge in [-0.2, -0.15) is 0 Å². The Morgan fingerprint density at radius 1 is 1.27 bits per heavy atom. The van der Waals surface area contributed by atoms with Crippen LogP contribution >= 0.6 is 0 Å². The van der Waals surface area contributed by atoms with Crippen molar-refractivity contribution in [2.24, 2.45) is 5.73 Å². The lowest BCUT2D eigenvalue weighted by Gasteiger charge is -2.20. The van der Waals surface area contributed by atoms with Gasteiger partial charge in [0.25, 0.3) is 0 Å². The summed E-state index contributed by atoms with van der Waals surface area (Å²) in [6.45, 7) is 0. The molecule has 2 nitrogen and oxygen atoms in total. The molecule has 1 unspecified atom stereocenters. The van der Waals surface area contributed by atoms with E-state index in [0.717, 1.165) is 24.8 Å². The Morgan fingerprint density at radius 2 is 2.00 bits per heavy atom. The molecule has 1 fully saturated rings. The molecule has 15 heavy (non-hydrogen) atoms. The largest absolute Gasteiger partial charge is 0.508 e. The molecule has 0 saturated heterocycles. The summed E-state index contributed by atoms with van der Waals surface area (Å²) in [5.74, 6) is 0.317. The quantitative estimate of drug-likeness (QED) is 0.737. The smallest absolute Gasteiger partial charge is 0.115 e. The van der Waals surface area contributed by atoms with Crippen LogP contribution in [0.3, 0.4) is 0 Å². The Morgan fingerprint density at radius 3 is 2.67 bits per heavy atom. The first-order valence-electron chi connectivity index (χ1n) is 5.48. The van der Waals surface area contributed by atoms with Gasteiger partial charge in [-0.3, -0.25) is 0 Å². The second kappa shape index (κ2) is 4.49. The summed E-state index contributed by atoms with van der Waals surface area (Å²) in [4.78, 5) is 0. The van der Waals surface area contributed by atoms with E-state index in [1.54, 1.807) is 12.1 Å². The van der Waals surface area contributed by atoms with Crippen molar-refractivity contribution in [3.05, 3.63) is 35.4 Å². The number of hydrogen-bond acceptors (Lipinski definition) is 2. The van der Waals surface area contributed by atoms with Crippen molar-refractivity contribution in [3.8, 4) is 5.75 Å². The van der Waals surface area contributed by atoms with Crippen molar-refractivity contribution in [2.45, 2.75) is 31.7 Å². The van der Waals surface area contributed by atoms with E-state index >= 15 is 0 Å². The van der Waals surface area contributed by atoms with Gasteiger partial charge < -0.3 is 10.8 Å². The molecule has 0 bridgehead atoms. The standard InChI is InChI=1S/C13H17NO/c14-12-3-1-2-11(9-12)8-10-4-6-13(15)7-5-10/h4-8,12,15H,1-3,9,14H2. The fourth-order valence-corrected chi connectivity index (χ4v) is 2.07. The lowest BCUT2D eigenvalue weighted by atomic mass is 9.90. The summed E-state index contributed by atoms with van der Waals surface area (Å²) in [5, 5.41) is 9.16. The molecule has 0 aromatic heterocycles. The molecule has 2 heteroatoms. The van der Waals surface area contributed by atoms with Gasteiger partial charge in [0.15, 0.2) is 0 Å². The Hall–Kier alpha value is -1.28. The van der Waals surface area contributed by atoms with Gasteiger partial charge in [-0.15, -0.1) is 0 Å². The molecule has 0 aliphatic heterocycles. The summed E-state index contributed by atoms with van der Waals surface area (Å²) in [5.41, 5.74) is 8.50. The molecule has 1 aromatic rings. The zero-order valence-corrected chi connectivity index (χ0v) is 8.82. The molecule has 3 N–H and O–H groups in total. The average Bonchev–Trinajstić information content (AvgIpc) is 2.22. The number of aromatic hydroxyl groups is 1. The van der Waals surface area contributed by atoms with Crippen LogP contribution in [-0.2, 0) is 0 Å². The molecule has 2 rings (SSSR count). The molecule has 0 spiro atoms. The Bertz CT molecular complexity index is 353. The predicted molar refractivity (Wildman–Crippen MR) is 62.5 cm³/mol. The van der Waals surface area contributed by atoms with Gasteiger partial charge >= 0.3 is 0 Å². The van der Waals surface area contributed by atoms with Gasteiger partial charge in [-0.05, 0) is 43.4 Å². The highest BCUT2D eigenvalue weighted by Crippen LogP contribution is 2.24. The second-order valence-electron chi connectivity index (χ2n) is 4.25. The first-order valence-corrected chi connectivity index (χ1v) is 5.48. The van der Waals surface area contributed by atoms with Crippen molar-refractivity contribution in [2.75, 3.05) is 0 Å². The van der Waals surface area contributed by atoms with Crippen LogP contribution in [0.1, 0.15) is 31.2 Å². The average molecular weight is 203 g/mol. The lowest BCUT2D eigenvalue weighted by Crippen LogP contribution is -2.23. The number of rotatable bonds is 1. The van der Waals surface area contributed by atoms with Crippen LogP contribution in [0.5, 0.6) is 5.75 Å². The first kappa shape index (κ1) is 10.2. The van der Waals surface area contributed by atoms with E-state index in [2.05, 4.69) is 6.08 Å². The van der Waals surface area contributed by atoms with Crippen LogP contribution in [0.15, 0.2) is 29.8 Å². The third-order valence-corrected chi connectivity index (χ3v) is 2.86. The number of hydrogen-bond donors (Lipinski definition) is 2. The highest BCUT2D eigenvalue weighted by molar-refractivity contribution is 5.54. The maximum atomic E-state index is 9.16. The van der Waals surface area contributed by atoms with Crippen molar-refractivity contribution in [3.63, 3.8) is 0 Å². The molecule has 1 saturated carbocycles. The third-order valence-electron chi connectivity index (χ3n) is 2.86. The highest BCUT2D eigenvalue weighted by Gasteiger charge is 2.12. The fourth-order valence-electron chi connectivity index (χ4n) is 2.07. The van der Waals surface area contributed by atoms with E-state index in [1.165, 1.54) is 12.0 Å². The minimum absolute atomic E-state index is 0.317. The topological polar surface area (TPSA) is 46.2 Å². The van der Waals surface area contributed by atoms with Crippen LogP contribution in [0, 0.1) is 0 Å². The SMILES string of the molecule is NC1CCCC(=Cc2ccc(O)cc2)C1. The lowest BCUT2D eigenvalue weighted by molar-refractivity contribution is 0.475. The molecular weight excluding hydrogens is 186 g/mol.